The van der Waals surface area contributed by atoms with Crippen LogP contribution in [0.5, 0.6) is 0 Å². The second-order valence-electron chi connectivity index (χ2n) is 4.15. The monoisotopic (exact) mass is 296 g/mol. The number of halogens is 1. The zero-order valence-corrected chi connectivity index (χ0v) is 12.5. The van der Waals surface area contributed by atoms with Gasteiger partial charge in [-0.2, -0.15) is 0 Å². The van der Waals surface area contributed by atoms with Crippen molar-refractivity contribution in [2.75, 3.05) is 6.61 Å². The molecule has 0 saturated carbocycles. The molecule has 3 nitrogen and oxygen atoms in total. The predicted octanol–water partition coefficient (Wildman–Crippen LogP) is 3.99. The van der Waals surface area contributed by atoms with Crippen LogP contribution >= 0.6 is 22.9 Å². The average molecular weight is 297 g/mol. The van der Waals surface area contributed by atoms with Crippen molar-refractivity contribution in [2.45, 2.75) is 31.7 Å². The lowest BCUT2D eigenvalue weighted by Crippen LogP contribution is -2.07. The van der Waals surface area contributed by atoms with Crippen LogP contribution in [-0.2, 0) is 17.0 Å². The van der Waals surface area contributed by atoms with Gasteiger partial charge in [0.1, 0.15) is 11.1 Å². The zero-order chi connectivity index (χ0) is 13.5. The third-order valence-electron chi connectivity index (χ3n) is 2.76. The van der Waals surface area contributed by atoms with Crippen LogP contribution in [-0.4, -0.2) is 16.6 Å². The third kappa shape index (κ3) is 4.27. The lowest BCUT2D eigenvalue weighted by atomic mass is 10.2. The highest BCUT2D eigenvalue weighted by molar-refractivity contribution is 7.09. The van der Waals surface area contributed by atoms with Gasteiger partial charge in [0.05, 0.1) is 18.2 Å². The summed E-state index contributed by atoms with van der Waals surface area (Å²) in [7, 11) is 0. The van der Waals surface area contributed by atoms with Gasteiger partial charge in [0, 0.05) is 23.7 Å². The smallest absolute Gasteiger partial charge is 0.122 e. The summed E-state index contributed by atoms with van der Waals surface area (Å²) in [5.41, 5.74) is 1.98. The summed E-state index contributed by atoms with van der Waals surface area (Å²) >= 11 is 7.38. The van der Waals surface area contributed by atoms with Gasteiger partial charge in [-0.05, 0) is 18.6 Å². The molecule has 2 heterocycles. The van der Waals surface area contributed by atoms with Gasteiger partial charge in [0.15, 0.2) is 0 Å². The van der Waals surface area contributed by atoms with E-state index in [-0.39, 0.29) is 6.10 Å². The SMILES string of the molecule is CCC(OCCc1ccccn1)c1nc(CCl)cs1. The molecule has 0 radical (unpaired) electrons. The second kappa shape index (κ2) is 7.58. The number of pyridine rings is 1. The lowest BCUT2D eigenvalue weighted by Gasteiger charge is -2.13. The minimum atomic E-state index is 0.0608. The molecule has 0 aliphatic rings. The Hall–Kier alpha value is -0.970. The number of rotatable bonds is 7. The summed E-state index contributed by atoms with van der Waals surface area (Å²) in [5, 5.41) is 3.01. The van der Waals surface area contributed by atoms with E-state index in [0.717, 1.165) is 29.2 Å². The molecular weight excluding hydrogens is 280 g/mol. The first kappa shape index (κ1) is 14.4. The largest absolute Gasteiger partial charge is 0.371 e. The van der Waals surface area contributed by atoms with E-state index in [4.69, 9.17) is 16.3 Å². The Kier molecular flexibility index (Phi) is 5.76. The standard InChI is InChI=1S/C14H17ClN2OS/c1-2-13(14-17-12(9-15)10-19-14)18-8-6-11-5-3-4-7-16-11/h3-5,7,10,13H,2,6,8-9H2,1H3. The Labute approximate surface area is 122 Å². The maximum absolute atomic E-state index is 5.90. The first-order valence-corrected chi connectivity index (χ1v) is 7.76. The van der Waals surface area contributed by atoms with Crippen LogP contribution in [0.1, 0.15) is 35.8 Å². The summed E-state index contributed by atoms with van der Waals surface area (Å²) in [6.07, 6.45) is 3.61. The molecule has 0 aromatic carbocycles. The van der Waals surface area contributed by atoms with Gasteiger partial charge in [-0.3, -0.25) is 4.98 Å². The highest BCUT2D eigenvalue weighted by atomic mass is 35.5. The van der Waals surface area contributed by atoms with Crippen LogP contribution in [0.4, 0.5) is 0 Å². The van der Waals surface area contributed by atoms with Crippen molar-refractivity contribution in [1.82, 2.24) is 9.97 Å². The van der Waals surface area contributed by atoms with Crippen molar-refractivity contribution in [2.24, 2.45) is 0 Å². The fraction of sp³-hybridized carbons (Fsp3) is 0.429. The first-order chi connectivity index (χ1) is 9.33. The van der Waals surface area contributed by atoms with E-state index in [1.807, 2.05) is 23.6 Å². The van der Waals surface area contributed by atoms with Crippen LogP contribution in [0.2, 0.25) is 0 Å². The summed E-state index contributed by atoms with van der Waals surface area (Å²) in [5.74, 6) is 0.459. The minimum absolute atomic E-state index is 0.0608. The molecule has 102 valence electrons. The Morgan fingerprint density at radius 3 is 2.89 bits per heavy atom. The van der Waals surface area contributed by atoms with Gasteiger partial charge in [-0.1, -0.05) is 13.0 Å². The van der Waals surface area contributed by atoms with Crippen molar-refractivity contribution in [1.29, 1.82) is 0 Å². The molecule has 1 unspecified atom stereocenters. The average Bonchev–Trinajstić information content (AvgIpc) is 2.93. The molecule has 0 aliphatic heterocycles. The predicted molar refractivity (Wildman–Crippen MR) is 78.6 cm³/mol. The molecule has 2 aromatic heterocycles. The number of hydrogen-bond acceptors (Lipinski definition) is 4. The molecule has 0 bridgehead atoms. The highest BCUT2D eigenvalue weighted by Crippen LogP contribution is 2.25. The lowest BCUT2D eigenvalue weighted by molar-refractivity contribution is 0.0515. The van der Waals surface area contributed by atoms with E-state index < -0.39 is 0 Å². The number of nitrogens with zero attached hydrogens (tertiary/aromatic N) is 2. The van der Waals surface area contributed by atoms with E-state index in [1.165, 1.54) is 0 Å². The Balaban J connectivity index is 1.86. The van der Waals surface area contributed by atoms with E-state index in [1.54, 1.807) is 17.5 Å². The fourth-order valence-electron chi connectivity index (χ4n) is 1.75. The molecule has 0 saturated heterocycles. The summed E-state index contributed by atoms with van der Waals surface area (Å²) in [4.78, 5) is 8.75. The molecule has 1 atom stereocenters. The van der Waals surface area contributed by atoms with Gasteiger partial charge in [0.2, 0.25) is 0 Å². The first-order valence-electron chi connectivity index (χ1n) is 6.35. The van der Waals surface area contributed by atoms with E-state index in [2.05, 4.69) is 16.9 Å². The zero-order valence-electron chi connectivity index (χ0n) is 10.9. The van der Waals surface area contributed by atoms with Crippen LogP contribution in [0.15, 0.2) is 29.8 Å². The molecule has 0 amide bonds. The molecule has 0 aliphatic carbocycles. The molecule has 5 heteroatoms. The topological polar surface area (TPSA) is 35.0 Å². The summed E-state index contributed by atoms with van der Waals surface area (Å²) in [6, 6.07) is 5.93. The molecule has 2 aromatic rings. The Morgan fingerprint density at radius 1 is 1.37 bits per heavy atom. The van der Waals surface area contributed by atoms with E-state index in [0.29, 0.717) is 12.5 Å². The van der Waals surface area contributed by atoms with Gasteiger partial charge in [0.25, 0.3) is 0 Å². The molecular formula is C14H17ClN2OS. The van der Waals surface area contributed by atoms with Gasteiger partial charge >= 0.3 is 0 Å². The maximum Gasteiger partial charge on any atom is 0.122 e. The van der Waals surface area contributed by atoms with Crippen LogP contribution in [0, 0.1) is 0 Å². The Morgan fingerprint density at radius 2 is 2.26 bits per heavy atom. The van der Waals surface area contributed by atoms with Gasteiger partial charge in [-0.15, -0.1) is 22.9 Å². The molecule has 2 rings (SSSR count). The van der Waals surface area contributed by atoms with E-state index >= 15 is 0 Å². The van der Waals surface area contributed by atoms with Crippen molar-refractivity contribution >= 4 is 22.9 Å². The minimum Gasteiger partial charge on any atom is -0.371 e. The second-order valence-corrected chi connectivity index (χ2v) is 5.31. The molecule has 0 N–H and O–H groups in total. The number of hydrogen-bond donors (Lipinski definition) is 0. The highest BCUT2D eigenvalue weighted by Gasteiger charge is 2.14. The van der Waals surface area contributed by atoms with Crippen LogP contribution < -0.4 is 0 Å². The molecule has 0 fully saturated rings. The van der Waals surface area contributed by atoms with Crippen molar-refractivity contribution in [3.8, 4) is 0 Å². The number of alkyl halides is 1. The molecule has 0 spiro atoms. The van der Waals surface area contributed by atoms with Crippen molar-refractivity contribution in [3.63, 3.8) is 0 Å². The third-order valence-corrected chi connectivity index (χ3v) is 4.02. The van der Waals surface area contributed by atoms with Crippen LogP contribution in [0.3, 0.4) is 0 Å². The van der Waals surface area contributed by atoms with Crippen LogP contribution in [0.25, 0.3) is 0 Å². The quantitative estimate of drug-likeness (QED) is 0.725. The number of aromatic nitrogens is 2. The molecule has 19 heavy (non-hydrogen) atoms. The van der Waals surface area contributed by atoms with Gasteiger partial charge in [-0.25, -0.2) is 4.98 Å². The summed E-state index contributed by atoms with van der Waals surface area (Å²) in [6.45, 7) is 2.76. The van der Waals surface area contributed by atoms with Gasteiger partial charge < -0.3 is 4.74 Å². The fourth-order valence-corrected chi connectivity index (χ4v) is 2.93. The summed E-state index contributed by atoms with van der Waals surface area (Å²) < 4.78 is 5.90. The van der Waals surface area contributed by atoms with Crippen molar-refractivity contribution < 1.29 is 4.74 Å². The number of ether oxygens (including phenoxy) is 1. The Bertz CT molecular complexity index is 489. The van der Waals surface area contributed by atoms with E-state index in [9.17, 15) is 0 Å². The van der Waals surface area contributed by atoms with Crippen molar-refractivity contribution in [3.05, 3.63) is 46.2 Å². The maximum atomic E-state index is 5.90. The normalized spacial score (nSPS) is 12.5. The number of thiazole rings is 1.